The van der Waals surface area contributed by atoms with Gasteiger partial charge >= 0.3 is 0 Å². The van der Waals surface area contributed by atoms with E-state index in [4.69, 9.17) is 4.98 Å². The van der Waals surface area contributed by atoms with Gasteiger partial charge in [-0.15, -0.1) is 11.3 Å². The number of aromatic nitrogens is 2. The van der Waals surface area contributed by atoms with Crippen molar-refractivity contribution in [3.8, 4) is 0 Å². The zero-order valence-corrected chi connectivity index (χ0v) is 12.4. The second-order valence-electron chi connectivity index (χ2n) is 4.43. The van der Waals surface area contributed by atoms with Crippen molar-refractivity contribution in [3.05, 3.63) is 17.3 Å². The van der Waals surface area contributed by atoms with Gasteiger partial charge in [-0.25, -0.2) is 4.98 Å². The largest absolute Gasteiger partial charge is 0.395 e. The van der Waals surface area contributed by atoms with Crippen LogP contribution in [0.2, 0.25) is 0 Å². The van der Waals surface area contributed by atoms with E-state index in [2.05, 4.69) is 40.0 Å². The molecule has 19 heavy (non-hydrogen) atoms. The molecule has 0 atom stereocenters. The monoisotopic (exact) mass is 282 g/mol. The predicted molar refractivity (Wildman–Crippen MR) is 80.0 cm³/mol. The second kappa shape index (κ2) is 6.88. The smallest absolute Gasteiger partial charge is 0.195 e. The summed E-state index contributed by atoms with van der Waals surface area (Å²) in [4.78, 5) is 7.91. The molecule has 5 nitrogen and oxygen atoms in total. The number of hydrogen-bond acceptors (Lipinski definition) is 5. The molecule has 2 aromatic rings. The molecule has 0 aliphatic heterocycles. The number of rotatable bonds is 8. The number of imidazole rings is 1. The molecule has 2 aromatic heterocycles. The van der Waals surface area contributed by atoms with E-state index in [-0.39, 0.29) is 6.61 Å². The molecule has 0 amide bonds. The first kappa shape index (κ1) is 14.3. The Kier molecular flexibility index (Phi) is 5.18. The fraction of sp³-hybridized carbons (Fsp3) is 0.615. The van der Waals surface area contributed by atoms with Crippen molar-refractivity contribution in [1.29, 1.82) is 0 Å². The lowest BCUT2D eigenvalue weighted by Crippen LogP contribution is -2.29. The molecule has 0 bridgehead atoms. The number of hydrogen-bond donors (Lipinski definition) is 2. The predicted octanol–water partition coefficient (Wildman–Crippen LogP) is 1.71. The highest BCUT2D eigenvalue weighted by atomic mass is 32.1. The molecule has 0 aliphatic carbocycles. The molecule has 2 N–H and O–H groups in total. The molecule has 0 fully saturated rings. The van der Waals surface area contributed by atoms with Crippen molar-refractivity contribution < 1.29 is 5.11 Å². The summed E-state index contributed by atoms with van der Waals surface area (Å²) in [7, 11) is 0. The van der Waals surface area contributed by atoms with E-state index < -0.39 is 0 Å². The van der Waals surface area contributed by atoms with Gasteiger partial charge in [-0.3, -0.25) is 4.40 Å². The number of anilines is 1. The Morgan fingerprint density at radius 2 is 2.26 bits per heavy atom. The Morgan fingerprint density at radius 1 is 1.42 bits per heavy atom. The zero-order chi connectivity index (χ0) is 13.7. The second-order valence-corrected chi connectivity index (χ2v) is 5.30. The highest BCUT2D eigenvalue weighted by Gasteiger charge is 2.17. The van der Waals surface area contributed by atoms with Gasteiger partial charge in [-0.2, -0.15) is 0 Å². The summed E-state index contributed by atoms with van der Waals surface area (Å²) in [5.74, 6) is 1.00. The van der Waals surface area contributed by atoms with Crippen molar-refractivity contribution >= 4 is 22.1 Å². The van der Waals surface area contributed by atoms with Gasteiger partial charge in [0.25, 0.3) is 0 Å². The lowest BCUT2D eigenvalue weighted by Gasteiger charge is -2.22. The minimum atomic E-state index is 0.159. The summed E-state index contributed by atoms with van der Waals surface area (Å²) < 4.78 is 2.14. The Labute approximate surface area is 117 Å². The van der Waals surface area contributed by atoms with Crippen LogP contribution in [0.3, 0.4) is 0 Å². The molecule has 0 aromatic carbocycles. The van der Waals surface area contributed by atoms with Crippen LogP contribution in [0, 0.1) is 0 Å². The number of aliphatic hydroxyl groups excluding tert-OH is 1. The maximum Gasteiger partial charge on any atom is 0.195 e. The third-order valence-corrected chi connectivity index (χ3v) is 3.80. The average Bonchev–Trinajstić information content (AvgIpc) is 2.97. The molecule has 0 unspecified atom stereocenters. The first-order valence-electron chi connectivity index (χ1n) is 6.82. The van der Waals surface area contributed by atoms with Crippen LogP contribution in [-0.2, 0) is 6.54 Å². The molecule has 0 saturated heterocycles. The third kappa shape index (κ3) is 3.08. The molecule has 0 spiro atoms. The average molecular weight is 282 g/mol. The quantitative estimate of drug-likeness (QED) is 0.774. The van der Waals surface area contributed by atoms with Gasteiger partial charge < -0.3 is 15.3 Å². The zero-order valence-electron chi connectivity index (χ0n) is 11.6. The number of fused-ring (bicyclic) bond motifs is 1. The van der Waals surface area contributed by atoms with Crippen LogP contribution in [0.1, 0.15) is 26.0 Å². The number of nitrogens with zero attached hydrogens (tertiary/aromatic N) is 3. The molecule has 106 valence electrons. The number of aliphatic hydroxyl groups is 1. The molecule has 2 heterocycles. The van der Waals surface area contributed by atoms with E-state index >= 15 is 0 Å². The fourth-order valence-electron chi connectivity index (χ4n) is 2.20. The van der Waals surface area contributed by atoms with E-state index in [9.17, 15) is 5.11 Å². The molecular formula is C13H22N4OS. The Bertz CT molecular complexity index is 502. The summed E-state index contributed by atoms with van der Waals surface area (Å²) in [6.45, 7) is 7.70. The standard InChI is InChI=1S/C13H22N4OS/c1-3-5-16(6-8-18)12-11(10-14-4-2)17-7-9-19-13(17)15-12/h7,9,14,18H,3-6,8,10H2,1-2H3. The maximum atomic E-state index is 9.23. The van der Waals surface area contributed by atoms with Crippen LogP contribution >= 0.6 is 11.3 Å². The van der Waals surface area contributed by atoms with Crippen molar-refractivity contribution in [3.63, 3.8) is 0 Å². The van der Waals surface area contributed by atoms with Gasteiger partial charge in [0.05, 0.1) is 12.3 Å². The van der Waals surface area contributed by atoms with Crippen LogP contribution in [0.25, 0.3) is 4.96 Å². The van der Waals surface area contributed by atoms with Gasteiger partial charge in [0, 0.05) is 31.2 Å². The topological polar surface area (TPSA) is 52.8 Å². The minimum absolute atomic E-state index is 0.159. The third-order valence-electron chi connectivity index (χ3n) is 3.05. The Balaban J connectivity index is 2.35. The molecule has 2 rings (SSSR count). The van der Waals surface area contributed by atoms with Crippen molar-refractivity contribution in [2.75, 3.05) is 31.1 Å². The summed E-state index contributed by atoms with van der Waals surface area (Å²) >= 11 is 1.64. The van der Waals surface area contributed by atoms with E-state index in [1.807, 2.05) is 0 Å². The van der Waals surface area contributed by atoms with Gasteiger partial charge in [-0.05, 0) is 13.0 Å². The summed E-state index contributed by atoms with van der Waals surface area (Å²) in [6.07, 6.45) is 3.11. The van der Waals surface area contributed by atoms with Crippen LogP contribution in [0.4, 0.5) is 5.82 Å². The highest BCUT2D eigenvalue weighted by Crippen LogP contribution is 2.24. The molecular weight excluding hydrogens is 260 g/mol. The van der Waals surface area contributed by atoms with Crippen LogP contribution in [0.5, 0.6) is 0 Å². The van der Waals surface area contributed by atoms with Crippen molar-refractivity contribution in [1.82, 2.24) is 14.7 Å². The van der Waals surface area contributed by atoms with Crippen LogP contribution in [-0.4, -0.2) is 40.7 Å². The first-order valence-corrected chi connectivity index (χ1v) is 7.70. The number of nitrogens with one attached hydrogen (secondary N) is 1. The van der Waals surface area contributed by atoms with Crippen molar-refractivity contribution in [2.45, 2.75) is 26.8 Å². The van der Waals surface area contributed by atoms with E-state index in [0.29, 0.717) is 6.54 Å². The van der Waals surface area contributed by atoms with E-state index in [1.165, 1.54) is 5.69 Å². The van der Waals surface area contributed by atoms with E-state index in [0.717, 1.165) is 36.8 Å². The molecule has 0 saturated carbocycles. The van der Waals surface area contributed by atoms with Crippen LogP contribution < -0.4 is 10.2 Å². The Morgan fingerprint density at radius 3 is 2.95 bits per heavy atom. The normalized spacial score (nSPS) is 11.3. The fourth-order valence-corrected chi connectivity index (χ4v) is 2.92. The molecule has 0 radical (unpaired) electrons. The molecule has 6 heteroatoms. The minimum Gasteiger partial charge on any atom is -0.395 e. The first-order chi connectivity index (χ1) is 9.31. The lowest BCUT2D eigenvalue weighted by molar-refractivity contribution is 0.301. The Hall–Kier alpha value is -1.11. The highest BCUT2D eigenvalue weighted by molar-refractivity contribution is 7.15. The number of thiazole rings is 1. The van der Waals surface area contributed by atoms with Gasteiger partial charge in [0.15, 0.2) is 10.8 Å². The maximum absolute atomic E-state index is 9.23. The SMILES string of the molecule is CCCN(CCO)c1nc2sccn2c1CNCC. The van der Waals surface area contributed by atoms with E-state index in [1.54, 1.807) is 11.3 Å². The summed E-state index contributed by atoms with van der Waals surface area (Å²) in [6, 6.07) is 0. The van der Waals surface area contributed by atoms with Crippen molar-refractivity contribution in [2.24, 2.45) is 0 Å². The van der Waals surface area contributed by atoms with Gasteiger partial charge in [0.2, 0.25) is 0 Å². The van der Waals surface area contributed by atoms with Gasteiger partial charge in [0.1, 0.15) is 0 Å². The van der Waals surface area contributed by atoms with Crippen LogP contribution in [0.15, 0.2) is 11.6 Å². The van der Waals surface area contributed by atoms with Gasteiger partial charge in [-0.1, -0.05) is 13.8 Å². The summed E-state index contributed by atoms with van der Waals surface area (Å²) in [5.41, 5.74) is 1.18. The summed E-state index contributed by atoms with van der Waals surface area (Å²) in [5, 5.41) is 14.6. The lowest BCUT2D eigenvalue weighted by atomic mass is 10.3. The molecule has 0 aliphatic rings.